The van der Waals surface area contributed by atoms with Crippen molar-refractivity contribution in [1.82, 2.24) is 5.32 Å². The van der Waals surface area contributed by atoms with Crippen molar-refractivity contribution < 1.29 is 4.79 Å². The number of alkyl halides is 1. The van der Waals surface area contributed by atoms with E-state index in [0.717, 1.165) is 27.0 Å². The summed E-state index contributed by atoms with van der Waals surface area (Å²) >= 11 is 6.91. The van der Waals surface area contributed by atoms with Crippen LogP contribution >= 0.6 is 31.9 Å². The van der Waals surface area contributed by atoms with Crippen LogP contribution in [0.15, 0.2) is 40.9 Å². The summed E-state index contributed by atoms with van der Waals surface area (Å²) in [6.45, 7) is 4.11. The van der Waals surface area contributed by atoms with Gasteiger partial charge in [-0.2, -0.15) is 0 Å². The van der Waals surface area contributed by atoms with E-state index >= 15 is 0 Å². The standard InChI is InChI=1S/C16H17Br2NO/c1-3-16(2,10-17)19-15(20)13-5-4-12-9-14(18)7-6-11(12)8-13/h4-9H,3,10H2,1-2H3,(H,19,20). The molecule has 0 saturated carbocycles. The molecule has 1 unspecified atom stereocenters. The number of rotatable bonds is 4. The molecule has 2 nitrogen and oxygen atoms in total. The van der Waals surface area contributed by atoms with Crippen LogP contribution in [0.25, 0.3) is 10.8 Å². The first kappa shape index (κ1) is 15.5. The zero-order chi connectivity index (χ0) is 14.8. The number of carbonyl (C=O) groups excluding carboxylic acids is 1. The van der Waals surface area contributed by atoms with Gasteiger partial charge in [-0.1, -0.05) is 50.9 Å². The molecule has 0 radical (unpaired) electrons. The molecule has 0 saturated heterocycles. The van der Waals surface area contributed by atoms with Gasteiger partial charge in [0.25, 0.3) is 5.91 Å². The Hall–Kier alpha value is -0.870. The largest absolute Gasteiger partial charge is 0.346 e. The number of amides is 1. The molecule has 0 heterocycles. The van der Waals surface area contributed by atoms with Crippen molar-refractivity contribution in [1.29, 1.82) is 0 Å². The molecule has 0 aliphatic carbocycles. The minimum absolute atomic E-state index is 0.0291. The summed E-state index contributed by atoms with van der Waals surface area (Å²) in [5.74, 6) is -0.0291. The summed E-state index contributed by atoms with van der Waals surface area (Å²) in [6, 6.07) is 11.8. The van der Waals surface area contributed by atoms with Gasteiger partial charge in [0, 0.05) is 20.9 Å². The fourth-order valence-corrected chi connectivity index (χ4v) is 2.84. The van der Waals surface area contributed by atoms with Crippen molar-refractivity contribution in [2.45, 2.75) is 25.8 Å². The van der Waals surface area contributed by atoms with Crippen LogP contribution in [0.5, 0.6) is 0 Å². The first-order valence-electron chi connectivity index (χ1n) is 6.55. The fraction of sp³-hybridized carbons (Fsp3) is 0.312. The predicted octanol–water partition coefficient (Wildman–Crippen LogP) is 4.90. The third-order valence-electron chi connectivity index (χ3n) is 3.56. The van der Waals surface area contributed by atoms with Crippen LogP contribution in [-0.2, 0) is 0 Å². The van der Waals surface area contributed by atoms with Gasteiger partial charge in [0.2, 0.25) is 0 Å². The first-order chi connectivity index (χ1) is 9.47. The quantitative estimate of drug-likeness (QED) is 0.729. The van der Waals surface area contributed by atoms with Gasteiger partial charge < -0.3 is 5.32 Å². The van der Waals surface area contributed by atoms with Gasteiger partial charge in [-0.15, -0.1) is 0 Å². The number of fused-ring (bicyclic) bond motifs is 1. The summed E-state index contributed by atoms with van der Waals surface area (Å²) in [5.41, 5.74) is 0.478. The predicted molar refractivity (Wildman–Crippen MR) is 91.6 cm³/mol. The van der Waals surface area contributed by atoms with E-state index in [1.165, 1.54) is 0 Å². The van der Waals surface area contributed by atoms with Gasteiger partial charge >= 0.3 is 0 Å². The van der Waals surface area contributed by atoms with Crippen LogP contribution < -0.4 is 5.32 Å². The molecule has 2 aromatic rings. The Morgan fingerprint density at radius 2 is 1.85 bits per heavy atom. The first-order valence-corrected chi connectivity index (χ1v) is 8.47. The average molecular weight is 399 g/mol. The molecule has 0 spiro atoms. The zero-order valence-electron chi connectivity index (χ0n) is 11.5. The van der Waals surface area contributed by atoms with E-state index in [2.05, 4.69) is 44.1 Å². The van der Waals surface area contributed by atoms with Crippen LogP contribution in [0, 0.1) is 0 Å². The molecule has 106 valence electrons. The summed E-state index contributed by atoms with van der Waals surface area (Å²) in [4.78, 5) is 12.3. The zero-order valence-corrected chi connectivity index (χ0v) is 14.7. The van der Waals surface area contributed by atoms with E-state index in [0.29, 0.717) is 5.56 Å². The topological polar surface area (TPSA) is 29.1 Å². The van der Waals surface area contributed by atoms with Crippen molar-refractivity contribution in [2.75, 3.05) is 5.33 Å². The maximum absolute atomic E-state index is 12.3. The fourth-order valence-electron chi connectivity index (χ4n) is 1.92. The Kier molecular flexibility index (Phi) is 4.86. The van der Waals surface area contributed by atoms with E-state index in [4.69, 9.17) is 0 Å². The van der Waals surface area contributed by atoms with Crippen LogP contribution in [0.4, 0.5) is 0 Å². The average Bonchev–Trinajstić information content (AvgIpc) is 2.46. The molecule has 1 atom stereocenters. The second-order valence-electron chi connectivity index (χ2n) is 5.21. The van der Waals surface area contributed by atoms with Crippen LogP contribution in [0.3, 0.4) is 0 Å². The van der Waals surface area contributed by atoms with Crippen LogP contribution in [0.1, 0.15) is 30.6 Å². The van der Waals surface area contributed by atoms with Gasteiger partial charge in [-0.3, -0.25) is 4.79 Å². The molecular formula is C16H17Br2NO. The second kappa shape index (κ2) is 6.27. The van der Waals surface area contributed by atoms with Gasteiger partial charge in [0.05, 0.1) is 0 Å². The molecule has 0 bridgehead atoms. The highest BCUT2D eigenvalue weighted by Crippen LogP contribution is 2.21. The SMILES string of the molecule is CCC(C)(CBr)NC(=O)c1ccc2cc(Br)ccc2c1. The third kappa shape index (κ3) is 3.41. The Morgan fingerprint density at radius 1 is 1.20 bits per heavy atom. The Morgan fingerprint density at radius 3 is 2.50 bits per heavy atom. The molecule has 0 aromatic heterocycles. The third-order valence-corrected chi connectivity index (χ3v) is 5.29. The summed E-state index contributed by atoms with van der Waals surface area (Å²) in [7, 11) is 0. The highest BCUT2D eigenvalue weighted by atomic mass is 79.9. The highest BCUT2D eigenvalue weighted by molar-refractivity contribution is 9.10. The minimum Gasteiger partial charge on any atom is -0.346 e. The van der Waals surface area contributed by atoms with E-state index in [-0.39, 0.29) is 11.4 Å². The van der Waals surface area contributed by atoms with Crippen molar-refractivity contribution in [3.8, 4) is 0 Å². The lowest BCUT2D eigenvalue weighted by Gasteiger charge is -2.27. The van der Waals surface area contributed by atoms with Crippen molar-refractivity contribution >= 4 is 48.5 Å². The Bertz CT molecular complexity index is 635. The van der Waals surface area contributed by atoms with Gasteiger partial charge in [-0.05, 0) is 48.4 Å². The minimum atomic E-state index is -0.217. The monoisotopic (exact) mass is 397 g/mol. The van der Waals surface area contributed by atoms with Crippen LogP contribution in [0.2, 0.25) is 0 Å². The van der Waals surface area contributed by atoms with Gasteiger partial charge in [0.15, 0.2) is 0 Å². The molecule has 0 aliphatic rings. The molecule has 20 heavy (non-hydrogen) atoms. The number of nitrogens with one attached hydrogen (secondary N) is 1. The number of halogens is 2. The van der Waals surface area contributed by atoms with E-state index < -0.39 is 0 Å². The molecule has 0 fully saturated rings. The van der Waals surface area contributed by atoms with E-state index in [1.54, 1.807) is 0 Å². The van der Waals surface area contributed by atoms with E-state index in [1.807, 2.05) is 43.3 Å². The molecular weight excluding hydrogens is 382 g/mol. The summed E-state index contributed by atoms with van der Waals surface area (Å²) in [6.07, 6.45) is 0.879. The molecule has 0 aliphatic heterocycles. The molecule has 2 rings (SSSR count). The second-order valence-corrected chi connectivity index (χ2v) is 6.68. The maximum atomic E-state index is 12.3. The highest BCUT2D eigenvalue weighted by Gasteiger charge is 2.23. The number of carbonyl (C=O) groups is 1. The lowest BCUT2D eigenvalue weighted by molar-refractivity contribution is 0.0913. The van der Waals surface area contributed by atoms with Crippen LogP contribution in [-0.4, -0.2) is 16.8 Å². The molecule has 2 aromatic carbocycles. The lowest BCUT2D eigenvalue weighted by atomic mass is 10.0. The lowest BCUT2D eigenvalue weighted by Crippen LogP contribution is -2.46. The molecule has 1 N–H and O–H groups in total. The van der Waals surface area contributed by atoms with Gasteiger partial charge in [0.1, 0.15) is 0 Å². The smallest absolute Gasteiger partial charge is 0.251 e. The number of hydrogen-bond acceptors (Lipinski definition) is 1. The molecule has 4 heteroatoms. The van der Waals surface area contributed by atoms with Crippen molar-refractivity contribution in [2.24, 2.45) is 0 Å². The Balaban J connectivity index is 2.29. The summed E-state index contributed by atoms with van der Waals surface area (Å²) in [5, 5.41) is 6.02. The maximum Gasteiger partial charge on any atom is 0.251 e. The summed E-state index contributed by atoms with van der Waals surface area (Å²) < 4.78 is 1.04. The molecule has 1 amide bonds. The van der Waals surface area contributed by atoms with E-state index in [9.17, 15) is 4.79 Å². The Labute approximate surface area is 136 Å². The van der Waals surface area contributed by atoms with Crippen molar-refractivity contribution in [3.63, 3.8) is 0 Å². The number of hydrogen-bond donors (Lipinski definition) is 1. The van der Waals surface area contributed by atoms with Crippen molar-refractivity contribution in [3.05, 3.63) is 46.4 Å². The van der Waals surface area contributed by atoms with Gasteiger partial charge in [-0.25, -0.2) is 0 Å². The normalized spacial score (nSPS) is 14.0. The number of benzene rings is 2.